The first-order valence-corrected chi connectivity index (χ1v) is 21.4. The maximum absolute atomic E-state index is 14.2. The van der Waals surface area contributed by atoms with Gasteiger partial charge in [-0.1, -0.05) is 109 Å². The van der Waals surface area contributed by atoms with Crippen molar-refractivity contribution in [3.8, 4) is 0 Å². The number of pyridine rings is 1. The molecule has 0 aliphatic carbocycles. The van der Waals surface area contributed by atoms with Crippen LogP contribution >= 0.6 is 23.2 Å². The van der Waals surface area contributed by atoms with Crippen LogP contribution in [0.5, 0.6) is 0 Å². The lowest BCUT2D eigenvalue weighted by atomic mass is 9.12. The number of hydrogen-bond donors (Lipinski definition) is 0. The predicted octanol–water partition coefficient (Wildman–Crippen LogP) is 15.7. The van der Waals surface area contributed by atoms with Crippen LogP contribution in [0.4, 0.5) is 105 Å². The summed E-state index contributed by atoms with van der Waals surface area (Å²) < 4.78 is 343. The van der Waals surface area contributed by atoms with E-state index < -0.39 is 195 Å². The summed E-state index contributed by atoms with van der Waals surface area (Å²) in [5.74, 6) is 0. The van der Waals surface area contributed by atoms with E-state index in [0.717, 1.165) is 15.8 Å². The van der Waals surface area contributed by atoms with Gasteiger partial charge in [0, 0.05) is 10.9 Å². The highest BCUT2D eigenvalue weighted by Gasteiger charge is 2.47. The molecule has 0 saturated heterocycles. The van der Waals surface area contributed by atoms with Crippen LogP contribution in [0.25, 0.3) is 10.8 Å². The van der Waals surface area contributed by atoms with Crippen molar-refractivity contribution in [3.63, 3.8) is 0 Å². The number of benzene rings is 6. The van der Waals surface area contributed by atoms with Gasteiger partial charge in [-0.2, -0.15) is 132 Å². The molecule has 0 atom stereocenters. The minimum atomic E-state index is -6.13. The molecule has 0 aliphatic rings. The molecule has 406 valence electrons. The molecular weight excluding hydrogens is 1130 g/mol. The zero-order valence-corrected chi connectivity index (χ0v) is 38.3. The van der Waals surface area contributed by atoms with Crippen LogP contribution in [0, 0.1) is 0 Å². The summed E-state index contributed by atoms with van der Waals surface area (Å²) in [4.78, 5) is 0. The predicted molar refractivity (Wildman–Crippen MR) is 230 cm³/mol. The molecule has 0 bridgehead atoms. The first-order valence-electron chi connectivity index (χ1n) is 20.7. The van der Waals surface area contributed by atoms with E-state index in [0.29, 0.717) is 11.7 Å². The number of aromatic nitrogens is 1. The molecule has 0 radical (unpaired) electrons. The molecule has 7 aromatic rings. The van der Waals surface area contributed by atoms with E-state index in [9.17, 15) is 105 Å². The molecule has 0 unspecified atom stereocenters. The van der Waals surface area contributed by atoms with Crippen molar-refractivity contribution in [2.75, 3.05) is 0 Å². The largest absolute Gasteiger partial charge is 0.416 e. The van der Waals surface area contributed by atoms with Gasteiger partial charge in [-0.15, -0.1) is 0 Å². The van der Waals surface area contributed by atoms with Crippen LogP contribution in [0.2, 0.25) is 10.2 Å². The van der Waals surface area contributed by atoms with Crippen LogP contribution in [-0.2, 0) is 56.0 Å². The third-order valence-corrected chi connectivity index (χ3v) is 12.3. The van der Waals surface area contributed by atoms with E-state index in [4.69, 9.17) is 23.2 Å². The first kappa shape index (κ1) is 58.9. The fourth-order valence-electron chi connectivity index (χ4n) is 8.25. The average Bonchev–Trinajstić information content (AvgIpc) is 3.29. The van der Waals surface area contributed by atoms with E-state index >= 15 is 0 Å². The summed E-state index contributed by atoms with van der Waals surface area (Å²) in [6.07, 6.45) is -52.9. The topological polar surface area (TPSA) is 3.88 Å². The molecule has 0 spiro atoms. The second-order valence-electron chi connectivity index (χ2n) is 16.6. The lowest BCUT2D eigenvalue weighted by molar-refractivity contribution is -0.684. The quantitative estimate of drug-likeness (QED) is 0.0676. The van der Waals surface area contributed by atoms with Crippen molar-refractivity contribution in [3.05, 3.63) is 194 Å². The van der Waals surface area contributed by atoms with Crippen molar-refractivity contribution in [1.82, 2.24) is 0 Å². The summed E-state index contributed by atoms with van der Waals surface area (Å²) in [5.41, 5.74) is -29.0. The van der Waals surface area contributed by atoms with Gasteiger partial charge in [0.05, 0.1) is 49.9 Å². The molecule has 0 amide bonds. The summed E-state index contributed by atoms with van der Waals surface area (Å²) in [7, 11) is 0. The van der Waals surface area contributed by atoms with Gasteiger partial charge in [0.2, 0.25) is 0 Å². The Balaban J connectivity index is 0.000000408. The van der Waals surface area contributed by atoms with Gasteiger partial charge in [-0.05, 0) is 41.9 Å². The molecular formula is C48H24BCl2F24N. The molecule has 6 aromatic carbocycles. The highest BCUT2D eigenvalue weighted by molar-refractivity contribution is 7.20. The third kappa shape index (κ3) is 12.9. The Hall–Kier alpha value is -6.31. The van der Waals surface area contributed by atoms with Gasteiger partial charge < -0.3 is 0 Å². The van der Waals surface area contributed by atoms with Crippen molar-refractivity contribution in [2.45, 2.75) is 56.0 Å². The fraction of sp³-hybridized carbons (Fsp3) is 0.188. The monoisotopic (exact) mass is 1150 g/mol. The molecule has 28 heteroatoms. The van der Waals surface area contributed by atoms with Gasteiger partial charge in [0.1, 0.15) is 11.2 Å². The second kappa shape index (κ2) is 20.2. The summed E-state index contributed by atoms with van der Waals surface area (Å²) in [5, 5.41) is 3.39. The Morgan fingerprint density at radius 2 is 0.553 bits per heavy atom. The maximum atomic E-state index is 14.2. The van der Waals surface area contributed by atoms with Gasteiger partial charge in [-0.3, -0.25) is 0 Å². The normalized spacial score (nSPS) is 13.4. The molecule has 76 heavy (non-hydrogen) atoms. The molecule has 0 N–H and O–H groups in total. The van der Waals surface area contributed by atoms with Gasteiger partial charge in [0.25, 0.3) is 5.15 Å². The molecule has 0 saturated carbocycles. The van der Waals surface area contributed by atoms with Crippen LogP contribution < -0.4 is 26.4 Å². The second-order valence-corrected chi connectivity index (χ2v) is 17.4. The minimum absolute atomic E-state index is 0.691. The zero-order valence-electron chi connectivity index (χ0n) is 36.8. The van der Waals surface area contributed by atoms with Gasteiger partial charge in [0.15, 0.2) is 12.7 Å². The Labute approximate surface area is 420 Å². The van der Waals surface area contributed by atoms with E-state index in [1.165, 1.54) is 5.56 Å². The molecule has 0 fully saturated rings. The highest BCUT2D eigenvalue weighted by atomic mass is 35.5. The third-order valence-electron chi connectivity index (χ3n) is 11.6. The van der Waals surface area contributed by atoms with Crippen LogP contribution in [0.15, 0.2) is 134 Å². The Morgan fingerprint density at radius 1 is 0.316 bits per heavy atom. The molecule has 0 aliphatic heterocycles. The number of halogens is 26. The van der Waals surface area contributed by atoms with Crippen molar-refractivity contribution >= 4 is 62.0 Å². The molecule has 7 rings (SSSR count). The number of alkyl halides is 24. The smallest absolute Gasteiger partial charge is 0.194 e. The maximum Gasteiger partial charge on any atom is 0.416 e. The number of rotatable bonds is 6. The van der Waals surface area contributed by atoms with Crippen LogP contribution in [-0.4, -0.2) is 6.15 Å². The SMILES string of the molecule is Clc1c[n+](Cc2ccccc2)c(Cl)c2ccccc12.FC(F)(F)c1cc([B-](c2cc(C(F)(F)F)cc(C(F)(F)F)c2)(c2cc(C(F)(F)F)cc(C(F)(F)F)c2)c2cc(C(F)(F)F)cc(C(F)(F)F)c2)cc(C(F)(F)F)c1. The molecule has 1 nitrogen and oxygen atoms in total. The van der Waals surface area contributed by atoms with Gasteiger partial charge in [-0.25, -0.2) is 0 Å². The summed E-state index contributed by atoms with van der Waals surface area (Å²) in [6, 6.07) is 9.29. The summed E-state index contributed by atoms with van der Waals surface area (Å²) in [6.45, 7) is 0.713. The van der Waals surface area contributed by atoms with Crippen molar-refractivity contribution in [1.29, 1.82) is 0 Å². The zero-order chi connectivity index (χ0) is 57.2. The Morgan fingerprint density at radius 3 is 0.803 bits per heavy atom. The summed E-state index contributed by atoms with van der Waals surface area (Å²) >= 11 is 12.8. The average molecular weight is 1150 g/mol. The lowest BCUT2D eigenvalue weighted by Crippen LogP contribution is -2.75. The Bertz CT molecular complexity index is 2820. The van der Waals surface area contributed by atoms with Gasteiger partial charge >= 0.3 is 49.4 Å². The van der Waals surface area contributed by atoms with Crippen molar-refractivity contribution < 1.29 is 110 Å². The minimum Gasteiger partial charge on any atom is -0.194 e. The standard InChI is InChI=1S/C32H12BF24.C16H12Cl2N/c34-25(35,36)13-1-14(26(37,38)39)6-21(5-13)33(22-7-15(27(40,41)42)2-16(8-22)28(43,44)45,23-9-17(29(46,47)48)3-18(10-23)30(49,50)51)24-11-19(31(52,53)54)4-20(12-24)32(55,56)57;17-15-11-19(10-12-6-2-1-3-7-12)16(18)14-9-5-4-8-13(14)15/h1-12H;1-9,11H,10H2/q-1;+1. The number of nitrogens with zero attached hydrogens (tertiary/aromatic N) is 1. The van der Waals surface area contributed by atoms with E-state index in [1.54, 1.807) is 0 Å². The number of fused-ring (bicyclic) bond motifs is 1. The highest BCUT2D eigenvalue weighted by Crippen LogP contribution is 2.41. The first-order chi connectivity index (χ1) is 34.5. The van der Waals surface area contributed by atoms with Crippen LogP contribution in [0.3, 0.4) is 0 Å². The van der Waals surface area contributed by atoms with E-state index in [2.05, 4.69) is 12.1 Å². The van der Waals surface area contributed by atoms with Crippen molar-refractivity contribution in [2.24, 2.45) is 0 Å². The fourth-order valence-corrected chi connectivity index (χ4v) is 8.81. The Kier molecular flexibility index (Phi) is 15.7. The number of hydrogen-bond acceptors (Lipinski definition) is 0. The molecule has 1 aromatic heterocycles. The van der Waals surface area contributed by atoms with Crippen LogP contribution in [0.1, 0.15) is 50.1 Å². The lowest BCUT2D eigenvalue weighted by Gasteiger charge is -2.46. The molecule has 1 heterocycles. The van der Waals surface area contributed by atoms with E-state index in [-0.39, 0.29) is 0 Å². The van der Waals surface area contributed by atoms with E-state index in [1.807, 2.05) is 53.2 Å².